The number of carbonyl (C=O) groups excluding carboxylic acids is 2. The molecule has 0 aliphatic heterocycles. The minimum absolute atomic E-state index is 0.00320. The molecule has 3 rings (SSSR count). The average molecular weight is 387 g/mol. The lowest BCUT2D eigenvalue weighted by atomic mass is 10.2. The van der Waals surface area contributed by atoms with E-state index in [0.29, 0.717) is 12.3 Å². The lowest BCUT2D eigenvalue weighted by Gasteiger charge is -2.27. The first-order valence-electron chi connectivity index (χ1n) is 9.30. The maximum Gasteiger partial charge on any atom is 0.273 e. The molecule has 1 unspecified atom stereocenters. The third kappa shape index (κ3) is 4.89. The van der Waals surface area contributed by atoms with Crippen LogP contribution in [0, 0.1) is 5.92 Å². The highest BCUT2D eigenvalue weighted by Crippen LogP contribution is 2.32. The zero-order valence-electron chi connectivity index (χ0n) is 16.1. The third-order valence-electron chi connectivity index (χ3n) is 4.74. The normalized spacial score (nSPS) is 14.4. The van der Waals surface area contributed by atoms with Crippen molar-refractivity contribution in [1.82, 2.24) is 15.4 Å². The Hall–Kier alpha value is -2.87. The zero-order chi connectivity index (χ0) is 20.1. The van der Waals surface area contributed by atoms with Crippen LogP contribution < -0.4 is 10.1 Å². The van der Waals surface area contributed by atoms with E-state index >= 15 is 0 Å². The first kappa shape index (κ1) is 19.9. The highest BCUT2D eigenvalue weighted by molar-refractivity contribution is 5.92. The summed E-state index contributed by atoms with van der Waals surface area (Å²) in [5, 5.41) is 16.0. The summed E-state index contributed by atoms with van der Waals surface area (Å²) < 4.78 is 10.3. The zero-order valence-corrected chi connectivity index (χ0v) is 16.1. The largest absolute Gasteiger partial charge is 0.497 e. The van der Waals surface area contributed by atoms with Gasteiger partial charge in [0.1, 0.15) is 5.75 Å². The maximum atomic E-state index is 12.4. The fraction of sp³-hybridized carbons (Fsp3) is 0.450. The Labute approximate surface area is 163 Å². The van der Waals surface area contributed by atoms with Crippen LogP contribution in [0.1, 0.15) is 41.6 Å². The maximum absolute atomic E-state index is 12.4. The summed E-state index contributed by atoms with van der Waals surface area (Å²) in [5.41, 5.74) is 1.08. The molecule has 1 aliphatic rings. The molecule has 1 heterocycles. The molecule has 0 saturated heterocycles. The second kappa shape index (κ2) is 8.88. The summed E-state index contributed by atoms with van der Waals surface area (Å²) in [5.74, 6) is 0.830. The summed E-state index contributed by atoms with van der Waals surface area (Å²) in [4.78, 5) is 26.3. The molecule has 2 aromatic rings. The lowest BCUT2D eigenvalue weighted by molar-refractivity contribution is -0.136. The van der Waals surface area contributed by atoms with Crippen molar-refractivity contribution in [1.29, 1.82) is 0 Å². The Morgan fingerprint density at radius 1 is 1.36 bits per heavy atom. The Balaban J connectivity index is 1.58. The van der Waals surface area contributed by atoms with E-state index in [9.17, 15) is 14.7 Å². The van der Waals surface area contributed by atoms with E-state index in [2.05, 4.69) is 10.5 Å². The summed E-state index contributed by atoms with van der Waals surface area (Å²) in [6.07, 6.45) is 1.76. The van der Waals surface area contributed by atoms with Crippen molar-refractivity contribution in [3.8, 4) is 5.75 Å². The summed E-state index contributed by atoms with van der Waals surface area (Å²) in [7, 11) is 1.60. The number of ether oxygens (including phenoxy) is 1. The Morgan fingerprint density at radius 2 is 2.07 bits per heavy atom. The number of carbonyl (C=O) groups is 2. The predicted molar refractivity (Wildman–Crippen MR) is 100 cm³/mol. The van der Waals surface area contributed by atoms with Gasteiger partial charge in [0, 0.05) is 18.5 Å². The molecule has 1 saturated carbocycles. The molecule has 1 aromatic heterocycles. The van der Waals surface area contributed by atoms with E-state index in [-0.39, 0.29) is 42.6 Å². The number of nitrogens with zero attached hydrogens (tertiary/aromatic N) is 2. The number of methoxy groups -OCH3 is 1. The molecule has 0 radical (unpaired) electrons. The molecule has 1 fully saturated rings. The van der Waals surface area contributed by atoms with Crippen molar-refractivity contribution in [3.63, 3.8) is 0 Å². The highest BCUT2D eigenvalue weighted by Gasteiger charge is 2.35. The van der Waals surface area contributed by atoms with Gasteiger partial charge in [-0.1, -0.05) is 17.3 Å². The first-order valence-corrected chi connectivity index (χ1v) is 9.30. The van der Waals surface area contributed by atoms with Gasteiger partial charge in [0.25, 0.3) is 5.91 Å². The monoisotopic (exact) mass is 387 g/mol. The number of hydrogen-bond acceptors (Lipinski definition) is 6. The molecule has 2 amide bonds. The number of hydrogen-bond donors (Lipinski definition) is 2. The highest BCUT2D eigenvalue weighted by atomic mass is 16.5. The van der Waals surface area contributed by atoms with Crippen LogP contribution in [0.4, 0.5) is 0 Å². The van der Waals surface area contributed by atoms with Gasteiger partial charge in [-0.15, -0.1) is 0 Å². The SMILES string of the molecule is COc1ccc(CNC(=O)c2cc(CN(C(=O)C3CC3)C(C)CO)on2)cc1. The van der Waals surface area contributed by atoms with Crippen molar-refractivity contribution in [3.05, 3.63) is 47.3 Å². The quantitative estimate of drug-likeness (QED) is 0.679. The molecule has 0 spiro atoms. The van der Waals surface area contributed by atoms with E-state index < -0.39 is 0 Å². The number of amides is 2. The first-order chi connectivity index (χ1) is 13.5. The van der Waals surface area contributed by atoms with Gasteiger partial charge in [0.15, 0.2) is 11.5 Å². The van der Waals surface area contributed by atoms with Crippen molar-refractivity contribution < 1.29 is 24.0 Å². The minimum atomic E-state index is -0.360. The summed E-state index contributed by atoms with van der Waals surface area (Å²) in [6, 6.07) is 8.58. The van der Waals surface area contributed by atoms with Gasteiger partial charge < -0.3 is 24.6 Å². The van der Waals surface area contributed by atoms with Crippen molar-refractivity contribution in [2.45, 2.75) is 38.9 Å². The van der Waals surface area contributed by atoms with E-state index in [4.69, 9.17) is 9.26 Å². The van der Waals surface area contributed by atoms with Gasteiger partial charge in [-0.3, -0.25) is 9.59 Å². The van der Waals surface area contributed by atoms with Crippen molar-refractivity contribution in [2.75, 3.05) is 13.7 Å². The fourth-order valence-electron chi connectivity index (χ4n) is 2.79. The van der Waals surface area contributed by atoms with Crippen molar-refractivity contribution >= 4 is 11.8 Å². The summed E-state index contributed by atoms with van der Waals surface area (Å²) in [6.45, 7) is 2.16. The molecule has 8 heteroatoms. The number of aromatic nitrogens is 1. The number of benzene rings is 1. The number of nitrogens with one attached hydrogen (secondary N) is 1. The minimum Gasteiger partial charge on any atom is -0.497 e. The van der Waals surface area contributed by atoms with Crippen LogP contribution in [0.25, 0.3) is 0 Å². The van der Waals surface area contributed by atoms with E-state index in [1.54, 1.807) is 18.9 Å². The van der Waals surface area contributed by atoms with E-state index in [0.717, 1.165) is 24.2 Å². The Morgan fingerprint density at radius 3 is 2.68 bits per heavy atom. The predicted octanol–water partition coefficient (Wildman–Crippen LogP) is 1.73. The Kier molecular flexibility index (Phi) is 6.30. The van der Waals surface area contributed by atoms with E-state index in [1.165, 1.54) is 6.07 Å². The number of rotatable bonds is 9. The lowest BCUT2D eigenvalue weighted by Crippen LogP contribution is -2.41. The van der Waals surface area contributed by atoms with Gasteiger partial charge in [0.2, 0.25) is 5.91 Å². The second-order valence-electron chi connectivity index (χ2n) is 6.98. The molecule has 1 aromatic carbocycles. The van der Waals surface area contributed by atoms with Crippen LogP contribution in [0.15, 0.2) is 34.9 Å². The van der Waals surface area contributed by atoms with Gasteiger partial charge in [0.05, 0.1) is 26.3 Å². The van der Waals surface area contributed by atoms with Crippen LogP contribution >= 0.6 is 0 Å². The second-order valence-corrected chi connectivity index (χ2v) is 6.98. The molecule has 150 valence electrons. The average Bonchev–Trinajstić information content (AvgIpc) is 3.47. The third-order valence-corrected chi connectivity index (χ3v) is 4.74. The molecule has 2 N–H and O–H groups in total. The van der Waals surface area contributed by atoms with Crippen LogP contribution in [-0.4, -0.2) is 46.7 Å². The van der Waals surface area contributed by atoms with Gasteiger partial charge in [-0.05, 0) is 37.5 Å². The molecule has 1 aliphatic carbocycles. The summed E-state index contributed by atoms with van der Waals surface area (Å²) >= 11 is 0. The Bertz CT molecular complexity index is 814. The fourth-order valence-corrected chi connectivity index (χ4v) is 2.79. The smallest absolute Gasteiger partial charge is 0.273 e. The van der Waals surface area contributed by atoms with Gasteiger partial charge in [-0.2, -0.15) is 0 Å². The van der Waals surface area contributed by atoms with Crippen LogP contribution in [0.2, 0.25) is 0 Å². The van der Waals surface area contributed by atoms with Crippen LogP contribution in [0.3, 0.4) is 0 Å². The standard InChI is InChI=1S/C20H25N3O5/c1-13(12-24)23(20(26)15-5-6-15)11-17-9-18(22-28-17)19(25)21-10-14-3-7-16(27-2)8-4-14/h3-4,7-9,13,15,24H,5-6,10-12H2,1-2H3,(H,21,25). The molecular formula is C20H25N3O5. The van der Waals surface area contributed by atoms with Gasteiger partial charge in [-0.25, -0.2) is 0 Å². The topological polar surface area (TPSA) is 105 Å². The van der Waals surface area contributed by atoms with Crippen LogP contribution in [0.5, 0.6) is 5.75 Å². The van der Waals surface area contributed by atoms with Crippen molar-refractivity contribution in [2.24, 2.45) is 5.92 Å². The molecular weight excluding hydrogens is 362 g/mol. The van der Waals surface area contributed by atoms with E-state index in [1.807, 2.05) is 24.3 Å². The molecule has 8 nitrogen and oxygen atoms in total. The molecule has 28 heavy (non-hydrogen) atoms. The molecule has 1 atom stereocenters. The van der Waals surface area contributed by atoms with Crippen LogP contribution in [-0.2, 0) is 17.9 Å². The number of aliphatic hydroxyl groups excluding tert-OH is 1. The number of aliphatic hydroxyl groups is 1. The molecule has 0 bridgehead atoms. The van der Waals surface area contributed by atoms with Gasteiger partial charge >= 0.3 is 0 Å².